The fraction of sp³-hybridized carbons (Fsp3) is 0.545. The molecule has 0 fully saturated rings. The number of nitrogens with one attached hydrogen (secondary N) is 2. The minimum absolute atomic E-state index is 0.00333. The Morgan fingerprint density at radius 1 is 1.35 bits per heavy atom. The van der Waals surface area contributed by atoms with Gasteiger partial charge in [-0.2, -0.15) is 0 Å². The van der Waals surface area contributed by atoms with E-state index in [9.17, 15) is 5.11 Å². The molecule has 0 spiro atoms. The lowest BCUT2D eigenvalue weighted by Crippen LogP contribution is -2.26. The Morgan fingerprint density at radius 2 is 2.18 bits per heavy atom. The second kappa shape index (κ2) is 5.09. The molecule has 1 atom stereocenters. The van der Waals surface area contributed by atoms with Crippen LogP contribution in [0.5, 0.6) is 0 Å². The second-order valence-electron chi connectivity index (χ2n) is 4.48. The fourth-order valence-electron chi connectivity index (χ4n) is 1.82. The van der Waals surface area contributed by atoms with E-state index in [1.807, 2.05) is 0 Å². The first-order valence-electron chi connectivity index (χ1n) is 5.72. The number of hydrogen-bond donors (Lipinski definition) is 3. The summed E-state index contributed by atoms with van der Waals surface area (Å²) < 4.78 is 0. The third-order valence-electron chi connectivity index (χ3n) is 2.54. The zero-order chi connectivity index (χ0) is 12.3. The van der Waals surface area contributed by atoms with Crippen LogP contribution >= 0.6 is 0 Å². The Kier molecular flexibility index (Phi) is 3.53. The topological polar surface area (TPSA) is 86.7 Å². The van der Waals surface area contributed by atoms with Gasteiger partial charge in [0.1, 0.15) is 11.8 Å². The van der Waals surface area contributed by atoms with Crippen molar-refractivity contribution in [1.29, 1.82) is 0 Å². The predicted octanol–water partition coefficient (Wildman–Crippen LogP) is 1.17. The zero-order valence-corrected chi connectivity index (χ0v) is 10.0. The first-order chi connectivity index (χ1) is 8.20. The molecule has 6 nitrogen and oxygen atoms in total. The van der Waals surface area contributed by atoms with Gasteiger partial charge < -0.3 is 15.4 Å². The maximum Gasteiger partial charge on any atom is 0.182 e. The van der Waals surface area contributed by atoms with Crippen LogP contribution in [0, 0.1) is 5.92 Å². The number of hydrogen-bond acceptors (Lipinski definition) is 5. The van der Waals surface area contributed by atoms with Crippen molar-refractivity contribution in [3.05, 3.63) is 12.7 Å². The molecule has 0 bridgehead atoms. The maximum atomic E-state index is 9.33. The highest BCUT2D eigenvalue weighted by molar-refractivity contribution is 5.82. The van der Waals surface area contributed by atoms with Crippen molar-refractivity contribution in [2.24, 2.45) is 5.92 Å². The van der Waals surface area contributed by atoms with Crippen LogP contribution in [0.2, 0.25) is 0 Å². The molecule has 0 aliphatic rings. The van der Waals surface area contributed by atoms with Gasteiger partial charge >= 0.3 is 0 Å². The van der Waals surface area contributed by atoms with E-state index in [1.54, 1.807) is 6.33 Å². The summed E-state index contributed by atoms with van der Waals surface area (Å²) in [6, 6.07) is -0.00333. The van der Waals surface area contributed by atoms with Crippen LogP contribution in [-0.2, 0) is 0 Å². The average molecular weight is 235 g/mol. The summed E-state index contributed by atoms with van der Waals surface area (Å²) >= 11 is 0. The quantitative estimate of drug-likeness (QED) is 0.724. The molecule has 2 heterocycles. The van der Waals surface area contributed by atoms with Crippen LogP contribution in [0.3, 0.4) is 0 Å². The van der Waals surface area contributed by atoms with Gasteiger partial charge in [-0.3, -0.25) is 0 Å². The van der Waals surface area contributed by atoms with Crippen LogP contribution in [0.15, 0.2) is 12.7 Å². The molecule has 0 saturated carbocycles. The molecule has 0 saturated heterocycles. The molecule has 0 aliphatic heterocycles. The SMILES string of the molecule is CC(C)CC(CO)Nc1ncnc2nc[nH]c12. The van der Waals surface area contributed by atoms with Crippen molar-refractivity contribution in [3.8, 4) is 0 Å². The first kappa shape index (κ1) is 11.8. The molecule has 2 aromatic rings. The van der Waals surface area contributed by atoms with Gasteiger partial charge in [-0.05, 0) is 12.3 Å². The summed E-state index contributed by atoms with van der Waals surface area (Å²) in [5.41, 5.74) is 1.40. The lowest BCUT2D eigenvalue weighted by Gasteiger charge is -2.18. The van der Waals surface area contributed by atoms with Crippen molar-refractivity contribution in [1.82, 2.24) is 19.9 Å². The van der Waals surface area contributed by atoms with E-state index in [2.05, 4.69) is 39.1 Å². The minimum Gasteiger partial charge on any atom is -0.394 e. The number of nitrogens with zero attached hydrogens (tertiary/aromatic N) is 3. The van der Waals surface area contributed by atoms with Crippen LogP contribution in [0.1, 0.15) is 20.3 Å². The van der Waals surface area contributed by atoms with Gasteiger partial charge in [0.05, 0.1) is 19.0 Å². The number of aromatic amines is 1. The molecule has 3 N–H and O–H groups in total. The van der Waals surface area contributed by atoms with E-state index in [1.165, 1.54) is 6.33 Å². The first-order valence-corrected chi connectivity index (χ1v) is 5.72. The van der Waals surface area contributed by atoms with E-state index >= 15 is 0 Å². The van der Waals surface area contributed by atoms with Gasteiger partial charge in [-0.25, -0.2) is 15.0 Å². The van der Waals surface area contributed by atoms with Crippen molar-refractivity contribution >= 4 is 17.0 Å². The lowest BCUT2D eigenvalue weighted by atomic mass is 10.0. The van der Waals surface area contributed by atoms with Gasteiger partial charge in [0.25, 0.3) is 0 Å². The van der Waals surface area contributed by atoms with E-state index in [4.69, 9.17) is 0 Å². The van der Waals surface area contributed by atoms with Crippen LogP contribution in [0.25, 0.3) is 11.2 Å². The number of aliphatic hydroxyl groups excluding tert-OH is 1. The largest absolute Gasteiger partial charge is 0.394 e. The summed E-state index contributed by atoms with van der Waals surface area (Å²) in [7, 11) is 0. The molecule has 92 valence electrons. The smallest absolute Gasteiger partial charge is 0.182 e. The van der Waals surface area contributed by atoms with Crippen molar-refractivity contribution in [3.63, 3.8) is 0 Å². The van der Waals surface area contributed by atoms with Gasteiger partial charge in [0.2, 0.25) is 0 Å². The standard InChI is InChI=1S/C11H17N5O/c1-7(2)3-8(4-17)16-11-9-10(13-5-12-9)14-6-15-11/h5-8,17H,3-4H2,1-2H3,(H2,12,13,14,15,16). The summed E-state index contributed by atoms with van der Waals surface area (Å²) in [6.07, 6.45) is 3.94. The highest BCUT2D eigenvalue weighted by atomic mass is 16.3. The van der Waals surface area contributed by atoms with Crippen molar-refractivity contribution < 1.29 is 5.11 Å². The van der Waals surface area contributed by atoms with E-state index in [0.29, 0.717) is 17.4 Å². The number of fused-ring (bicyclic) bond motifs is 1. The van der Waals surface area contributed by atoms with E-state index in [0.717, 1.165) is 11.9 Å². The highest BCUT2D eigenvalue weighted by Gasteiger charge is 2.13. The molecule has 0 aromatic carbocycles. The summed E-state index contributed by atoms with van der Waals surface area (Å²) in [4.78, 5) is 15.3. The molecule has 2 aromatic heterocycles. The summed E-state index contributed by atoms with van der Waals surface area (Å²) in [5, 5.41) is 12.5. The third-order valence-corrected chi connectivity index (χ3v) is 2.54. The number of imidazole rings is 1. The molecule has 0 radical (unpaired) electrons. The monoisotopic (exact) mass is 235 g/mol. The maximum absolute atomic E-state index is 9.33. The molecule has 17 heavy (non-hydrogen) atoms. The highest BCUT2D eigenvalue weighted by Crippen LogP contribution is 2.17. The average Bonchev–Trinajstić information content (AvgIpc) is 2.76. The Hall–Kier alpha value is -1.69. The van der Waals surface area contributed by atoms with Gasteiger partial charge in [-0.15, -0.1) is 0 Å². The summed E-state index contributed by atoms with van der Waals surface area (Å²) in [5.74, 6) is 1.20. The number of aromatic nitrogens is 4. The van der Waals surface area contributed by atoms with Crippen molar-refractivity contribution in [2.75, 3.05) is 11.9 Å². The minimum atomic E-state index is -0.00333. The Morgan fingerprint density at radius 3 is 2.88 bits per heavy atom. The zero-order valence-electron chi connectivity index (χ0n) is 10.0. The Balaban J connectivity index is 2.19. The van der Waals surface area contributed by atoms with Crippen molar-refractivity contribution in [2.45, 2.75) is 26.3 Å². The number of aliphatic hydroxyl groups is 1. The molecule has 0 amide bonds. The summed E-state index contributed by atoms with van der Waals surface area (Å²) in [6.45, 7) is 4.32. The number of H-pyrrole nitrogens is 1. The van der Waals surface area contributed by atoms with Crippen LogP contribution < -0.4 is 5.32 Å². The lowest BCUT2D eigenvalue weighted by molar-refractivity contribution is 0.259. The van der Waals surface area contributed by atoms with E-state index < -0.39 is 0 Å². The van der Waals surface area contributed by atoms with Crippen LogP contribution in [-0.4, -0.2) is 37.7 Å². The second-order valence-corrected chi connectivity index (χ2v) is 4.48. The molecule has 6 heteroatoms. The van der Waals surface area contributed by atoms with E-state index in [-0.39, 0.29) is 12.6 Å². The van der Waals surface area contributed by atoms with Gasteiger partial charge in [-0.1, -0.05) is 13.8 Å². The molecule has 2 rings (SSSR count). The third kappa shape index (κ3) is 2.71. The molecular formula is C11H17N5O. The molecule has 0 aliphatic carbocycles. The van der Waals surface area contributed by atoms with Crippen LogP contribution in [0.4, 0.5) is 5.82 Å². The number of anilines is 1. The van der Waals surface area contributed by atoms with Gasteiger partial charge in [0, 0.05) is 0 Å². The van der Waals surface area contributed by atoms with Gasteiger partial charge in [0.15, 0.2) is 11.5 Å². The fourth-order valence-corrected chi connectivity index (χ4v) is 1.82. The molecule has 1 unspecified atom stereocenters. The normalized spacial score (nSPS) is 13.2. The Bertz CT molecular complexity index is 481. The Labute approximate surface area is 99.5 Å². The number of rotatable bonds is 5. The predicted molar refractivity (Wildman–Crippen MR) is 65.6 cm³/mol. The molecular weight excluding hydrogens is 218 g/mol.